The topological polar surface area (TPSA) is 58.6 Å². The first-order chi connectivity index (χ1) is 15.9. The minimum Gasteiger partial charge on any atom is -0.483 e. The lowest BCUT2D eigenvalue weighted by Crippen LogP contribution is -2.51. The zero-order valence-electron chi connectivity index (χ0n) is 19.8. The minimum absolute atomic E-state index is 0.141. The van der Waals surface area contributed by atoms with Crippen molar-refractivity contribution in [3.8, 4) is 5.75 Å². The van der Waals surface area contributed by atoms with Crippen LogP contribution < -0.4 is 10.1 Å². The SMILES string of the molecule is CNC(=O)C(Cc1ccccc1)N(Cc1ccccc1C)C(=O)COc1ccc(C)cc1C. The van der Waals surface area contributed by atoms with E-state index in [1.54, 1.807) is 11.9 Å². The average Bonchev–Trinajstić information content (AvgIpc) is 2.82. The standard InChI is InChI=1S/C28H32N2O3/c1-20-14-15-26(22(3)16-20)33-19-27(31)30(18-24-13-9-8-10-21(24)2)25(28(32)29-4)17-23-11-6-5-7-12-23/h5-16,25H,17-19H2,1-4H3,(H,29,32). The van der Waals surface area contributed by atoms with Gasteiger partial charge in [-0.3, -0.25) is 9.59 Å². The van der Waals surface area contributed by atoms with E-state index in [4.69, 9.17) is 4.74 Å². The summed E-state index contributed by atoms with van der Waals surface area (Å²) >= 11 is 0. The van der Waals surface area contributed by atoms with Crippen LogP contribution in [0.25, 0.3) is 0 Å². The molecule has 3 rings (SSSR count). The molecule has 172 valence electrons. The van der Waals surface area contributed by atoms with E-state index in [-0.39, 0.29) is 18.4 Å². The molecule has 0 heterocycles. The van der Waals surface area contributed by atoms with Gasteiger partial charge in [-0.1, -0.05) is 72.3 Å². The van der Waals surface area contributed by atoms with E-state index in [0.29, 0.717) is 18.7 Å². The van der Waals surface area contributed by atoms with Gasteiger partial charge in [-0.15, -0.1) is 0 Å². The van der Waals surface area contributed by atoms with E-state index >= 15 is 0 Å². The molecule has 1 N–H and O–H groups in total. The number of nitrogens with zero attached hydrogens (tertiary/aromatic N) is 1. The summed E-state index contributed by atoms with van der Waals surface area (Å²) in [5.74, 6) is 0.236. The van der Waals surface area contributed by atoms with Gasteiger partial charge < -0.3 is 15.0 Å². The fourth-order valence-corrected chi connectivity index (χ4v) is 3.88. The van der Waals surface area contributed by atoms with Crippen molar-refractivity contribution in [3.63, 3.8) is 0 Å². The Bertz CT molecular complexity index is 1100. The quantitative estimate of drug-likeness (QED) is 0.533. The van der Waals surface area contributed by atoms with Crippen molar-refractivity contribution >= 4 is 11.8 Å². The van der Waals surface area contributed by atoms with Gasteiger partial charge in [0, 0.05) is 20.0 Å². The van der Waals surface area contributed by atoms with Crippen LogP contribution in [0.2, 0.25) is 0 Å². The lowest BCUT2D eigenvalue weighted by atomic mass is 10.0. The van der Waals surface area contributed by atoms with Crippen molar-refractivity contribution in [2.75, 3.05) is 13.7 Å². The third-order valence-electron chi connectivity index (χ3n) is 5.80. The van der Waals surface area contributed by atoms with Gasteiger partial charge in [0.2, 0.25) is 5.91 Å². The van der Waals surface area contributed by atoms with Gasteiger partial charge in [-0.05, 0) is 49.1 Å². The van der Waals surface area contributed by atoms with Crippen LogP contribution in [-0.2, 0) is 22.6 Å². The molecule has 1 unspecified atom stereocenters. The lowest BCUT2D eigenvalue weighted by Gasteiger charge is -2.31. The van der Waals surface area contributed by atoms with Crippen LogP contribution in [-0.4, -0.2) is 36.4 Å². The largest absolute Gasteiger partial charge is 0.483 e. The Labute approximate surface area is 196 Å². The average molecular weight is 445 g/mol. The molecule has 0 saturated heterocycles. The molecule has 33 heavy (non-hydrogen) atoms. The summed E-state index contributed by atoms with van der Waals surface area (Å²) in [5.41, 5.74) is 5.17. The molecule has 0 aliphatic heterocycles. The van der Waals surface area contributed by atoms with Crippen LogP contribution >= 0.6 is 0 Å². The van der Waals surface area contributed by atoms with Crippen LogP contribution in [0.3, 0.4) is 0 Å². The Balaban J connectivity index is 1.89. The molecule has 1 atom stereocenters. The fraction of sp³-hybridized carbons (Fsp3) is 0.286. The number of benzene rings is 3. The van der Waals surface area contributed by atoms with Crippen LogP contribution in [0.15, 0.2) is 72.8 Å². The van der Waals surface area contributed by atoms with Gasteiger partial charge in [0.1, 0.15) is 11.8 Å². The monoisotopic (exact) mass is 444 g/mol. The molecular weight excluding hydrogens is 412 g/mol. The molecule has 0 spiro atoms. The molecule has 0 saturated carbocycles. The summed E-state index contributed by atoms with van der Waals surface area (Å²) in [6.45, 7) is 6.17. The number of hydrogen-bond acceptors (Lipinski definition) is 3. The minimum atomic E-state index is -0.660. The van der Waals surface area contributed by atoms with E-state index in [2.05, 4.69) is 5.32 Å². The van der Waals surface area contributed by atoms with Gasteiger partial charge in [0.25, 0.3) is 5.91 Å². The van der Waals surface area contributed by atoms with E-state index < -0.39 is 6.04 Å². The van der Waals surface area contributed by atoms with E-state index in [1.807, 2.05) is 93.6 Å². The first kappa shape index (κ1) is 24.1. The van der Waals surface area contributed by atoms with Gasteiger partial charge in [0.05, 0.1) is 0 Å². The number of rotatable bonds is 9. The summed E-state index contributed by atoms with van der Waals surface area (Å²) in [7, 11) is 1.60. The third kappa shape index (κ3) is 6.45. The van der Waals surface area contributed by atoms with Crippen molar-refractivity contribution in [1.82, 2.24) is 10.2 Å². The van der Waals surface area contributed by atoms with E-state index in [9.17, 15) is 9.59 Å². The molecular formula is C28H32N2O3. The Kier molecular flexibility index (Phi) is 8.25. The van der Waals surface area contributed by atoms with Crippen molar-refractivity contribution in [2.45, 2.75) is 39.8 Å². The van der Waals surface area contributed by atoms with Gasteiger partial charge in [-0.2, -0.15) is 0 Å². The lowest BCUT2D eigenvalue weighted by molar-refractivity contribution is -0.142. The van der Waals surface area contributed by atoms with Crippen molar-refractivity contribution in [3.05, 3.63) is 101 Å². The number of likely N-dealkylation sites (N-methyl/N-ethyl adjacent to an activating group) is 1. The normalized spacial score (nSPS) is 11.5. The maximum Gasteiger partial charge on any atom is 0.261 e. The molecule has 0 aliphatic carbocycles. The maximum absolute atomic E-state index is 13.5. The molecule has 0 radical (unpaired) electrons. The maximum atomic E-state index is 13.5. The molecule has 0 aromatic heterocycles. The van der Waals surface area contributed by atoms with Gasteiger partial charge >= 0.3 is 0 Å². The summed E-state index contributed by atoms with van der Waals surface area (Å²) in [6.07, 6.45) is 0.418. The Hall–Kier alpha value is -3.60. The predicted molar refractivity (Wildman–Crippen MR) is 131 cm³/mol. The second kappa shape index (κ2) is 11.3. The molecule has 5 heteroatoms. The highest BCUT2D eigenvalue weighted by Gasteiger charge is 2.30. The summed E-state index contributed by atoms with van der Waals surface area (Å²) in [5, 5.41) is 2.74. The zero-order valence-corrected chi connectivity index (χ0v) is 19.8. The molecule has 0 aliphatic rings. The first-order valence-corrected chi connectivity index (χ1v) is 11.2. The highest BCUT2D eigenvalue weighted by atomic mass is 16.5. The molecule has 2 amide bonds. The highest BCUT2D eigenvalue weighted by molar-refractivity contribution is 5.88. The fourth-order valence-electron chi connectivity index (χ4n) is 3.88. The second-order valence-electron chi connectivity index (χ2n) is 8.33. The van der Waals surface area contributed by atoms with Gasteiger partial charge in [-0.25, -0.2) is 0 Å². The van der Waals surface area contributed by atoms with Crippen molar-refractivity contribution in [2.24, 2.45) is 0 Å². The number of amides is 2. The molecule has 0 fully saturated rings. The number of carbonyl (C=O) groups is 2. The Morgan fingerprint density at radius 2 is 1.61 bits per heavy atom. The molecule has 5 nitrogen and oxygen atoms in total. The van der Waals surface area contributed by atoms with Crippen LogP contribution in [0.4, 0.5) is 0 Å². The summed E-state index contributed by atoms with van der Waals surface area (Å²) < 4.78 is 5.89. The van der Waals surface area contributed by atoms with Crippen molar-refractivity contribution in [1.29, 1.82) is 0 Å². The Morgan fingerprint density at radius 3 is 2.27 bits per heavy atom. The second-order valence-corrected chi connectivity index (χ2v) is 8.33. The number of nitrogens with one attached hydrogen (secondary N) is 1. The van der Waals surface area contributed by atoms with Crippen LogP contribution in [0.1, 0.15) is 27.8 Å². The van der Waals surface area contributed by atoms with Crippen LogP contribution in [0.5, 0.6) is 5.75 Å². The first-order valence-electron chi connectivity index (χ1n) is 11.2. The highest BCUT2D eigenvalue weighted by Crippen LogP contribution is 2.20. The Morgan fingerprint density at radius 1 is 0.909 bits per heavy atom. The molecule has 0 bridgehead atoms. The van der Waals surface area contributed by atoms with Gasteiger partial charge in [0.15, 0.2) is 6.61 Å². The molecule has 3 aromatic rings. The number of carbonyl (C=O) groups excluding carboxylic acids is 2. The summed E-state index contributed by atoms with van der Waals surface area (Å²) in [6, 6.07) is 22.9. The molecule has 3 aromatic carbocycles. The number of hydrogen-bond donors (Lipinski definition) is 1. The number of aryl methyl sites for hydroxylation is 3. The smallest absolute Gasteiger partial charge is 0.261 e. The number of ether oxygens (including phenoxy) is 1. The van der Waals surface area contributed by atoms with E-state index in [1.165, 1.54) is 0 Å². The van der Waals surface area contributed by atoms with Crippen LogP contribution in [0, 0.1) is 20.8 Å². The summed E-state index contributed by atoms with van der Waals surface area (Å²) in [4.78, 5) is 28.1. The predicted octanol–water partition coefficient (Wildman–Crippen LogP) is 4.38. The van der Waals surface area contributed by atoms with E-state index in [0.717, 1.165) is 27.8 Å². The zero-order chi connectivity index (χ0) is 23.8. The van der Waals surface area contributed by atoms with Crippen molar-refractivity contribution < 1.29 is 14.3 Å². The third-order valence-corrected chi connectivity index (χ3v) is 5.80.